The molecule has 6 heteroatoms. The number of aryl methyl sites for hydroxylation is 2. The molecule has 2 heterocycles. The highest BCUT2D eigenvalue weighted by molar-refractivity contribution is 9.10. The molecule has 2 aromatic carbocycles. The van der Waals surface area contributed by atoms with Crippen LogP contribution >= 0.6 is 15.9 Å². The number of nitrogens with one attached hydrogen (secondary N) is 1. The summed E-state index contributed by atoms with van der Waals surface area (Å²) in [6, 6.07) is 16.2. The molecule has 3 aromatic rings. The number of hydrogen-bond acceptors (Lipinski definition) is 4. The first-order valence-electron chi connectivity index (χ1n) is 8.12. The largest absolute Gasteiger partial charge is 0.378 e. The quantitative estimate of drug-likeness (QED) is 0.698. The first kappa shape index (κ1) is 15.9. The Labute approximate surface area is 154 Å². The number of hydrogen-bond donors (Lipinski definition) is 1. The van der Waals surface area contributed by atoms with Gasteiger partial charge in [-0.05, 0) is 55.3 Å². The zero-order chi connectivity index (χ0) is 17.4. The zero-order valence-corrected chi connectivity index (χ0v) is 15.3. The smallest absolute Gasteiger partial charge is 0.0991 e. The van der Waals surface area contributed by atoms with E-state index in [1.54, 1.807) is 0 Å². The van der Waals surface area contributed by atoms with Crippen molar-refractivity contribution in [3.8, 4) is 17.3 Å². The monoisotopic (exact) mass is 393 g/mol. The van der Waals surface area contributed by atoms with Gasteiger partial charge in [0.15, 0.2) is 0 Å². The van der Waals surface area contributed by atoms with Crippen molar-refractivity contribution in [2.24, 2.45) is 0 Å². The molecular weight excluding hydrogens is 378 g/mol. The highest BCUT2D eigenvalue weighted by Crippen LogP contribution is 2.38. The zero-order valence-electron chi connectivity index (χ0n) is 13.7. The van der Waals surface area contributed by atoms with Crippen molar-refractivity contribution in [2.45, 2.75) is 25.9 Å². The summed E-state index contributed by atoms with van der Waals surface area (Å²) >= 11 is 3.60. The molecule has 0 spiro atoms. The summed E-state index contributed by atoms with van der Waals surface area (Å²) in [5, 5.41) is 21.1. The highest BCUT2D eigenvalue weighted by Gasteiger charge is 2.25. The van der Waals surface area contributed by atoms with Crippen LogP contribution in [0.2, 0.25) is 0 Å². The lowest BCUT2D eigenvalue weighted by Crippen LogP contribution is -2.12. The first-order valence-corrected chi connectivity index (χ1v) is 8.91. The van der Waals surface area contributed by atoms with Crippen LogP contribution < -0.4 is 5.32 Å². The van der Waals surface area contributed by atoms with Crippen LogP contribution in [0.15, 0.2) is 46.9 Å². The molecule has 1 aromatic heterocycles. The summed E-state index contributed by atoms with van der Waals surface area (Å²) in [4.78, 5) is 0. The van der Waals surface area contributed by atoms with Crippen molar-refractivity contribution in [1.29, 1.82) is 5.26 Å². The van der Waals surface area contributed by atoms with Gasteiger partial charge in [-0.15, -0.1) is 5.10 Å². The van der Waals surface area contributed by atoms with E-state index in [-0.39, 0.29) is 6.04 Å². The fourth-order valence-corrected chi connectivity index (χ4v) is 3.71. The second-order valence-electron chi connectivity index (χ2n) is 6.15. The molecule has 4 rings (SSSR count). The van der Waals surface area contributed by atoms with E-state index < -0.39 is 0 Å². The first-order chi connectivity index (χ1) is 12.2. The summed E-state index contributed by atoms with van der Waals surface area (Å²) in [7, 11) is 0. The van der Waals surface area contributed by atoms with Gasteiger partial charge in [-0.3, -0.25) is 0 Å². The Morgan fingerprint density at radius 1 is 1.24 bits per heavy atom. The minimum absolute atomic E-state index is 0.154. The maximum absolute atomic E-state index is 8.96. The molecule has 0 bridgehead atoms. The minimum Gasteiger partial charge on any atom is -0.378 e. The van der Waals surface area contributed by atoms with Gasteiger partial charge < -0.3 is 5.32 Å². The molecule has 0 radical (unpaired) electrons. The molecule has 0 amide bonds. The van der Waals surface area contributed by atoms with E-state index in [0.717, 1.165) is 40.1 Å². The van der Waals surface area contributed by atoms with Crippen LogP contribution in [0.5, 0.6) is 0 Å². The Hall–Kier alpha value is -2.65. The van der Waals surface area contributed by atoms with Crippen molar-refractivity contribution in [2.75, 3.05) is 5.32 Å². The third-order valence-electron chi connectivity index (χ3n) is 4.53. The minimum atomic E-state index is 0.154. The van der Waals surface area contributed by atoms with Gasteiger partial charge in [0.1, 0.15) is 0 Å². The van der Waals surface area contributed by atoms with Gasteiger partial charge in [-0.2, -0.15) is 5.26 Å². The standard InChI is InChI=1S/C19H16BrN5/c1-12-19-16-7-4-14(20)10-17(16)18(8-9-25(19)24-23-12)22-15-5-2-13(11-21)3-6-15/h2-7,10,18,22H,8-9H2,1H3. The van der Waals surface area contributed by atoms with Crippen LogP contribution in [0, 0.1) is 18.3 Å². The van der Waals surface area contributed by atoms with E-state index >= 15 is 0 Å². The van der Waals surface area contributed by atoms with Gasteiger partial charge in [-0.25, -0.2) is 4.68 Å². The van der Waals surface area contributed by atoms with Crippen molar-refractivity contribution < 1.29 is 0 Å². The average Bonchev–Trinajstić information content (AvgIpc) is 2.92. The fourth-order valence-electron chi connectivity index (χ4n) is 3.33. The molecule has 25 heavy (non-hydrogen) atoms. The second-order valence-corrected chi connectivity index (χ2v) is 7.07. The number of rotatable bonds is 2. The van der Waals surface area contributed by atoms with Crippen LogP contribution in [0.4, 0.5) is 5.69 Å². The molecule has 1 aliphatic rings. The molecule has 0 fully saturated rings. The Bertz CT molecular complexity index is 968. The summed E-state index contributed by atoms with van der Waals surface area (Å²) in [5.74, 6) is 0. The van der Waals surface area contributed by atoms with Crippen molar-refractivity contribution in [1.82, 2.24) is 15.0 Å². The Balaban J connectivity index is 1.75. The van der Waals surface area contributed by atoms with E-state index in [1.807, 2.05) is 35.9 Å². The lowest BCUT2D eigenvalue weighted by molar-refractivity contribution is 0.539. The third-order valence-corrected chi connectivity index (χ3v) is 5.03. The predicted molar refractivity (Wildman–Crippen MR) is 100 cm³/mol. The van der Waals surface area contributed by atoms with Crippen LogP contribution in [-0.4, -0.2) is 15.0 Å². The Morgan fingerprint density at radius 3 is 2.80 bits per heavy atom. The van der Waals surface area contributed by atoms with Crippen molar-refractivity contribution in [3.05, 3.63) is 63.8 Å². The molecule has 5 nitrogen and oxygen atoms in total. The molecule has 0 saturated heterocycles. The van der Waals surface area contributed by atoms with Crippen LogP contribution in [0.3, 0.4) is 0 Å². The fraction of sp³-hybridized carbons (Fsp3) is 0.211. The van der Waals surface area contributed by atoms with E-state index in [2.05, 4.69) is 55.8 Å². The molecule has 1 aliphatic heterocycles. The van der Waals surface area contributed by atoms with Gasteiger partial charge in [0, 0.05) is 22.3 Å². The van der Waals surface area contributed by atoms with Crippen molar-refractivity contribution in [3.63, 3.8) is 0 Å². The number of nitriles is 1. The lowest BCUT2D eigenvalue weighted by Gasteiger charge is -2.21. The summed E-state index contributed by atoms with van der Waals surface area (Å²) in [6.45, 7) is 2.80. The normalized spacial score (nSPS) is 15.6. The molecular formula is C19H16BrN5. The lowest BCUT2D eigenvalue weighted by atomic mass is 9.96. The van der Waals surface area contributed by atoms with Gasteiger partial charge in [0.25, 0.3) is 0 Å². The SMILES string of the molecule is Cc1nnn2c1-c1ccc(Br)cc1C(Nc1ccc(C#N)cc1)CC2. The second kappa shape index (κ2) is 6.34. The summed E-state index contributed by atoms with van der Waals surface area (Å²) in [6.07, 6.45) is 0.902. The van der Waals surface area contributed by atoms with Crippen LogP contribution in [0.25, 0.3) is 11.3 Å². The Kier molecular flexibility index (Phi) is 4.02. The number of benzene rings is 2. The third kappa shape index (κ3) is 2.92. The molecule has 1 unspecified atom stereocenters. The summed E-state index contributed by atoms with van der Waals surface area (Å²) < 4.78 is 3.04. The molecule has 0 aliphatic carbocycles. The van der Waals surface area contributed by atoms with E-state index in [9.17, 15) is 0 Å². The van der Waals surface area contributed by atoms with E-state index in [1.165, 1.54) is 5.56 Å². The van der Waals surface area contributed by atoms with Gasteiger partial charge >= 0.3 is 0 Å². The number of fused-ring (bicyclic) bond motifs is 3. The Morgan fingerprint density at radius 2 is 2.04 bits per heavy atom. The summed E-state index contributed by atoms with van der Waals surface area (Å²) in [5.41, 5.74) is 6.09. The van der Waals surface area contributed by atoms with Crippen molar-refractivity contribution >= 4 is 21.6 Å². The molecule has 1 N–H and O–H groups in total. The van der Waals surface area contributed by atoms with Gasteiger partial charge in [0.2, 0.25) is 0 Å². The van der Waals surface area contributed by atoms with Gasteiger partial charge in [-0.1, -0.05) is 27.2 Å². The van der Waals surface area contributed by atoms with Crippen LogP contribution in [-0.2, 0) is 6.54 Å². The van der Waals surface area contributed by atoms with Crippen LogP contribution in [0.1, 0.15) is 29.3 Å². The van der Waals surface area contributed by atoms with E-state index in [4.69, 9.17) is 5.26 Å². The maximum atomic E-state index is 8.96. The highest BCUT2D eigenvalue weighted by atomic mass is 79.9. The predicted octanol–water partition coefficient (Wildman–Crippen LogP) is 4.44. The molecule has 124 valence electrons. The number of halogens is 1. The number of anilines is 1. The number of nitrogens with zero attached hydrogens (tertiary/aromatic N) is 4. The van der Waals surface area contributed by atoms with E-state index in [0.29, 0.717) is 5.56 Å². The number of aromatic nitrogens is 3. The molecule has 1 atom stereocenters. The average molecular weight is 394 g/mol. The maximum Gasteiger partial charge on any atom is 0.0991 e. The topological polar surface area (TPSA) is 66.5 Å². The molecule has 0 saturated carbocycles. The van der Waals surface area contributed by atoms with Gasteiger partial charge in [0.05, 0.1) is 29.1 Å².